The third-order valence-electron chi connectivity index (χ3n) is 6.74. The van der Waals surface area contributed by atoms with E-state index in [1.54, 1.807) is 18.2 Å². The zero-order chi connectivity index (χ0) is 25.6. The zero-order valence-corrected chi connectivity index (χ0v) is 21.1. The SMILES string of the molecule is COc1ccc(C(=O)Nc2ccc(Nc3nc(N4CCCCC4)nc(N4CCCCC4)n3)cc2)c(O)c1. The molecule has 2 fully saturated rings. The molecule has 2 aromatic carbocycles. The van der Waals surface area contributed by atoms with Crippen molar-refractivity contribution in [2.45, 2.75) is 38.5 Å². The molecule has 2 saturated heterocycles. The monoisotopic (exact) mass is 503 g/mol. The van der Waals surface area contributed by atoms with E-state index < -0.39 is 5.91 Å². The van der Waals surface area contributed by atoms with Crippen LogP contribution in [0.25, 0.3) is 0 Å². The number of rotatable bonds is 7. The zero-order valence-electron chi connectivity index (χ0n) is 21.1. The molecule has 10 nitrogen and oxygen atoms in total. The minimum Gasteiger partial charge on any atom is -0.507 e. The van der Waals surface area contributed by atoms with Gasteiger partial charge in [0.1, 0.15) is 11.5 Å². The third-order valence-corrected chi connectivity index (χ3v) is 6.74. The number of piperidine rings is 2. The molecule has 1 amide bonds. The van der Waals surface area contributed by atoms with E-state index in [2.05, 4.69) is 20.4 Å². The molecule has 1 aromatic heterocycles. The van der Waals surface area contributed by atoms with Crippen LogP contribution in [-0.4, -0.2) is 59.3 Å². The Labute approximate surface area is 216 Å². The molecule has 5 rings (SSSR count). The van der Waals surface area contributed by atoms with Crippen molar-refractivity contribution in [3.8, 4) is 11.5 Å². The second-order valence-electron chi connectivity index (χ2n) is 9.39. The number of anilines is 5. The molecule has 2 aliphatic rings. The molecule has 0 bridgehead atoms. The van der Waals surface area contributed by atoms with Gasteiger partial charge >= 0.3 is 0 Å². The van der Waals surface area contributed by atoms with Gasteiger partial charge in [0.2, 0.25) is 17.8 Å². The van der Waals surface area contributed by atoms with Crippen molar-refractivity contribution in [1.29, 1.82) is 0 Å². The summed E-state index contributed by atoms with van der Waals surface area (Å²) < 4.78 is 5.08. The van der Waals surface area contributed by atoms with Crippen LogP contribution in [0.1, 0.15) is 48.9 Å². The van der Waals surface area contributed by atoms with E-state index >= 15 is 0 Å². The van der Waals surface area contributed by atoms with E-state index in [0.717, 1.165) is 69.4 Å². The number of nitrogens with one attached hydrogen (secondary N) is 2. The number of aromatic hydroxyl groups is 1. The van der Waals surface area contributed by atoms with Crippen LogP contribution in [0.4, 0.5) is 29.2 Å². The minimum absolute atomic E-state index is 0.140. The van der Waals surface area contributed by atoms with Crippen LogP contribution in [0.2, 0.25) is 0 Å². The highest BCUT2D eigenvalue weighted by molar-refractivity contribution is 6.06. The van der Waals surface area contributed by atoms with E-state index in [1.165, 1.54) is 32.1 Å². The summed E-state index contributed by atoms with van der Waals surface area (Å²) in [5, 5.41) is 16.3. The summed E-state index contributed by atoms with van der Waals surface area (Å²) in [6.45, 7) is 3.84. The Morgan fingerprint density at radius 3 is 1.92 bits per heavy atom. The van der Waals surface area contributed by atoms with E-state index in [1.807, 2.05) is 12.1 Å². The van der Waals surface area contributed by atoms with Crippen molar-refractivity contribution in [1.82, 2.24) is 15.0 Å². The maximum absolute atomic E-state index is 12.6. The van der Waals surface area contributed by atoms with Gasteiger partial charge in [0.15, 0.2) is 0 Å². The number of benzene rings is 2. The summed E-state index contributed by atoms with van der Waals surface area (Å²) in [5.74, 6) is 1.89. The third kappa shape index (κ3) is 6.02. The Kier molecular flexibility index (Phi) is 7.53. The van der Waals surface area contributed by atoms with E-state index in [4.69, 9.17) is 19.7 Å². The van der Waals surface area contributed by atoms with Crippen LogP contribution in [0.5, 0.6) is 11.5 Å². The highest BCUT2D eigenvalue weighted by Crippen LogP contribution is 2.26. The quantitative estimate of drug-likeness (QED) is 0.427. The molecule has 0 saturated carbocycles. The van der Waals surface area contributed by atoms with Gasteiger partial charge in [0.05, 0.1) is 12.7 Å². The lowest BCUT2D eigenvalue weighted by atomic mass is 10.1. The molecule has 3 aromatic rings. The Morgan fingerprint density at radius 1 is 0.811 bits per heavy atom. The summed E-state index contributed by atoms with van der Waals surface area (Å²) in [6.07, 6.45) is 7.08. The number of nitrogens with zero attached hydrogens (tertiary/aromatic N) is 5. The Balaban J connectivity index is 1.31. The molecular formula is C27H33N7O3. The van der Waals surface area contributed by atoms with Crippen LogP contribution in [0, 0.1) is 0 Å². The fraction of sp³-hybridized carbons (Fsp3) is 0.407. The number of methoxy groups -OCH3 is 1. The molecule has 37 heavy (non-hydrogen) atoms. The Hall–Kier alpha value is -4.08. The van der Waals surface area contributed by atoms with Gasteiger partial charge in [-0.15, -0.1) is 0 Å². The van der Waals surface area contributed by atoms with Gasteiger partial charge in [-0.3, -0.25) is 4.79 Å². The largest absolute Gasteiger partial charge is 0.507 e. The predicted molar refractivity (Wildman–Crippen MR) is 144 cm³/mol. The standard InChI is InChI=1S/C27H33N7O3/c1-37-21-12-13-22(23(35)18-21)24(36)28-19-8-10-20(11-9-19)29-25-30-26(33-14-4-2-5-15-33)32-27(31-25)34-16-6-3-7-17-34/h8-13,18,35H,2-7,14-17H2,1H3,(H,28,36)(H,29,30,31,32). The molecule has 0 spiro atoms. The van der Waals surface area contributed by atoms with Crippen LogP contribution < -0.4 is 25.2 Å². The van der Waals surface area contributed by atoms with Crippen molar-refractivity contribution in [2.24, 2.45) is 0 Å². The normalized spacial score (nSPS) is 15.8. The van der Waals surface area contributed by atoms with Crippen molar-refractivity contribution in [3.05, 3.63) is 48.0 Å². The predicted octanol–water partition coefficient (Wildman–Crippen LogP) is 4.56. The van der Waals surface area contributed by atoms with Crippen molar-refractivity contribution in [3.63, 3.8) is 0 Å². The number of carbonyl (C=O) groups excluding carboxylic acids is 1. The highest BCUT2D eigenvalue weighted by atomic mass is 16.5. The lowest BCUT2D eigenvalue weighted by molar-refractivity contribution is 0.102. The molecule has 194 valence electrons. The summed E-state index contributed by atoms with van der Waals surface area (Å²) in [7, 11) is 1.50. The van der Waals surface area contributed by atoms with Gasteiger partial charge < -0.3 is 30.3 Å². The van der Waals surface area contributed by atoms with Crippen molar-refractivity contribution in [2.75, 3.05) is 53.7 Å². The fourth-order valence-corrected chi connectivity index (χ4v) is 4.68. The molecule has 3 N–H and O–H groups in total. The average Bonchev–Trinajstić information content (AvgIpc) is 2.94. The summed E-state index contributed by atoms with van der Waals surface area (Å²) in [6, 6.07) is 11.9. The van der Waals surface area contributed by atoms with Crippen molar-refractivity contribution >= 4 is 35.1 Å². The smallest absolute Gasteiger partial charge is 0.259 e. The fourth-order valence-electron chi connectivity index (χ4n) is 4.68. The average molecular weight is 504 g/mol. The number of carbonyl (C=O) groups is 1. The van der Waals surface area contributed by atoms with Crippen LogP contribution in [-0.2, 0) is 0 Å². The molecule has 2 aliphatic heterocycles. The number of phenols is 1. The first kappa shape index (κ1) is 24.6. The second-order valence-corrected chi connectivity index (χ2v) is 9.39. The first-order valence-electron chi connectivity index (χ1n) is 12.9. The lowest BCUT2D eigenvalue weighted by Gasteiger charge is -2.30. The first-order chi connectivity index (χ1) is 18.1. The minimum atomic E-state index is -0.407. The number of amides is 1. The summed E-state index contributed by atoms with van der Waals surface area (Å²) in [5.41, 5.74) is 1.57. The first-order valence-corrected chi connectivity index (χ1v) is 12.9. The van der Waals surface area contributed by atoms with Gasteiger partial charge in [-0.25, -0.2) is 0 Å². The van der Waals surface area contributed by atoms with Crippen LogP contribution in [0.3, 0.4) is 0 Å². The maximum atomic E-state index is 12.6. The highest BCUT2D eigenvalue weighted by Gasteiger charge is 2.20. The molecule has 0 atom stereocenters. The number of aromatic nitrogens is 3. The van der Waals surface area contributed by atoms with Crippen molar-refractivity contribution < 1.29 is 14.6 Å². The van der Waals surface area contributed by atoms with Crippen LogP contribution in [0.15, 0.2) is 42.5 Å². The number of ether oxygens (including phenoxy) is 1. The summed E-state index contributed by atoms with van der Waals surface area (Å²) in [4.78, 5) is 31.4. The van der Waals surface area contributed by atoms with Gasteiger partial charge in [0.25, 0.3) is 5.91 Å². The molecule has 0 unspecified atom stereocenters. The van der Waals surface area contributed by atoms with Gasteiger partial charge in [-0.05, 0) is 74.9 Å². The van der Waals surface area contributed by atoms with E-state index in [0.29, 0.717) is 17.4 Å². The lowest BCUT2D eigenvalue weighted by Crippen LogP contribution is -2.34. The molecule has 10 heteroatoms. The molecule has 0 aliphatic carbocycles. The van der Waals surface area contributed by atoms with Gasteiger partial charge in [-0.2, -0.15) is 15.0 Å². The Morgan fingerprint density at radius 2 is 1.38 bits per heavy atom. The van der Waals surface area contributed by atoms with E-state index in [-0.39, 0.29) is 11.3 Å². The van der Waals surface area contributed by atoms with Gasteiger partial charge in [0, 0.05) is 43.6 Å². The van der Waals surface area contributed by atoms with Crippen LogP contribution >= 0.6 is 0 Å². The summed E-state index contributed by atoms with van der Waals surface area (Å²) >= 11 is 0. The topological polar surface area (TPSA) is 116 Å². The number of hydrogen-bond donors (Lipinski definition) is 3. The number of hydrogen-bond acceptors (Lipinski definition) is 9. The maximum Gasteiger partial charge on any atom is 0.259 e. The second kappa shape index (κ2) is 11.3. The Bertz CT molecular complexity index is 1190. The number of phenolic OH excluding ortho intramolecular Hbond substituents is 1. The molecule has 0 radical (unpaired) electrons. The molecule has 3 heterocycles. The van der Waals surface area contributed by atoms with E-state index in [9.17, 15) is 9.90 Å². The van der Waals surface area contributed by atoms with Gasteiger partial charge in [-0.1, -0.05) is 0 Å². The molecular weight excluding hydrogens is 470 g/mol.